The lowest BCUT2D eigenvalue weighted by Crippen LogP contribution is -2.33. The summed E-state index contributed by atoms with van der Waals surface area (Å²) in [5.74, 6) is 1.55. The summed E-state index contributed by atoms with van der Waals surface area (Å²) < 4.78 is 0. The number of hydrogen-bond donors (Lipinski definition) is 0. The van der Waals surface area contributed by atoms with Gasteiger partial charge in [-0.2, -0.15) is 0 Å². The Labute approximate surface area is 294 Å². The maximum atomic E-state index is 2.61. The third-order valence-corrected chi connectivity index (χ3v) is 12.1. The van der Waals surface area contributed by atoms with Gasteiger partial charge in [0.25, 0.3) is 0 Å². The number of fused-ring (bicyclic) bond motifs is 9. The van der Waals surface area contributed by atoms with E-state index in [4.69, 9.17) is 0 Å². The number of rotatable bonds is 4. The summed E-state index contributed by atoms with van der Waals surface area (Å²) in [6.07, 6.45) is 34.2. The molecule has 0 saturated carbocycles. The number of benzene rings is 4. The van der Waals surface area contributed by atoms with Crippen LogP contribution in [-0.4, -0.2) is 6.04 Å². The molecule has 6 aliphatic carbocycles. The van der Waals surface area contributed by atoms with Crippen molar-refractivity contribution >= 4 is 33.4 Å². The molecule has 0 spiro atoms. The first-order valence-electron chi connectivity index (χ1n) is 18.4. The van der Waals surface area contributed by atoms with Crippen molar-refractivity contribution < 1.29 is 0 Å². The first kappa shape index (κ1) is 28.3. The molecule has 240 valence electrons. The summed E-state index contributed by atoms with van der Waals surface area (Å²) >= 11 is 0. The quantitative estimate of drug-likeness (QED) is 0.219. The molecule has 50 heavy (non-hydrogen) atoms. The molecule has 2 nitrogen and oxygen atoms in total. The number of para-hydroxylation sites is 1. The van der Waals surface area contributed by atoms with Crippen molar-refractivity contribution in [2.45, 2.75) is 37.1 Å². The van der Waals surface area contributed by atoms with E-state index in [1.807, 2.05) is 0 Å². The predicted molar refractivity (Wildman–Crippen MR) is 208 cm³/mol. The van der Waals surface area contributed by atoms with E-state index in [9.17, 15) is 0 Å². The highest BCUT2D eigenvalue weighted by atomic mass is 15.2. The zero-order valence-electron chi connectivity index (χ0n) is 28.0. The summed E-state index contributed by atoms with van der Waals surface area (Å²) in [6.45, 7) is 0. The van der Waals surface area contributed by atoms with Gasteiger partial charge in [-0.25, -0.2) is 0 Å². The van der Waals surface area contributed by atoms with E-state index in [1.54, 1.807) is 5.57 Å². The Bertz CT molecular complexity index is 2400. The molecule has 0 fully saturated rings. The first-order chi connectivity index (χ1) is 24.8. The molecule has 4 aromatic carbocycles. The maximum Gasteiger partial charge on any atom is 0.0649 e. The average Bonchev–Trinajstić information content (AvgIpc) is 3.70. The Kier molecular flexibility index (Phi) is 6.19. The monoisotopic (exact) mass is 642 g/mol. The third-order valence-electron chi connectivity index (χ3n) is 12.1. The zero-order valence-corrected chi connectivity index (χ0v) is 28.0. The fourth-order valence-electron chi connectivity index (χ4n) is 10.0. The van der Waals surface area contributed by atoms with Crippen molar-refractivity contribution in [2.24, 2.45) is 11.8 Å². The molecule has 7 aliphatic rings. The molecule has 0 radical (unpaired) electrons. The SMILES string of the molecule is C1=CCCC(N(C2=CC3C(C=C2)c2ccccc2N3c2ccc3ccccc3c2)c2cccc3c2C2=C4C(C=C5C=CC=CC5C43)CC=C2)=C1. The second kappa shape index (κ2) is 11.0. The smallest absolute Gasteiger partial charge is 0.0649 e. The Morgan fingerprint density at radius 2 is 1.60 bits per heavy atom. The lowest BCUT2D eigenvalue weighted by atomic mass is 9.67. The van der Waals surface area contributed by atoms with Gasteiger partial charge in [-0.1, -0.05) is 121 Å². The Morgan fingerprint density at radius 1 is 0.700 bits per heavy atom. The van der Waals surface area contributed by atoms with Gasteiger partial charge < -0.3 is 9.80 Å². The molecule has 2 heteroatoms. The summed E-state index contributed by atoms with van der Waals surface area (Å²) in [6, 6.07) is 32.0. The van der Waals surface area contributed by atoms with E-state index < -0.39 is 0 Å². The number of allylic oxidation sites excluding steroid dienone is 15. The summed E-state index contributed by atoms with van der Waals surface area (Å²) in [5, 5.41) is 2.55. The van der Waals surface area contributed by atoms with Crippen molar-refractivity contribution in [2.75, 3.05) is 9.80 Å². The van der Waals surface area contributed by atoms with Crippen molar-refractivity contribution in [1.82, 2.24) is 0 Å². The Hall–Kier alpha value is -5.60. The molecular weight excluding hydrogens is 605 g/mol. The topological polar surface area (TPSA) is 6.48 Å². The lowest BCUT2D eigenvalue weighted by Gasteiger charge is -2.37. The molecule has 1 heterocycles. The largest absolute Gasteiger partial charge is 0.333 e. The molecular formula is C48H38N2. The molecule has 5 atom stereocenters. The summed E-state index contributed by atoms with van der Waals surface area (Å²) in [5.41, 5.74) is 15.4. The number of hydrogen-bond acceptors (Lipinski definition) is 2. The normalized spacial score (nSPS) is 26.2. The predicted octanol–water partition coefficient (Wildman–Crippen LogP) is 11.7. The minimum Gasteiger partial charge on any atom is -0.333 e. The van der Waals surface area contributed by atoms with Gasteiger partial charge in [-0.15, -0.1) is 0 Å². The second-order valence-corrected chi connectivity index (χ2v) is 14.7. The molecule has 0 saturated heterocycles. The van der Waals surface area contributed by atoms with Crippen LogP contribution in [0, 0.1) is 11.8 Å². The van der Waals surface area contributed by atoms with Gasteiger partial charge in [0.15, 0.2) is 0 Å². The van der Waals surface area contributed by atoms with Gasteiger partial charge in [0.2, 0.25) is 0 Å². The molecule has 4 aromatic rings. The van der Waals surface area contributed by atoms with Crippen LogP contribution in [0.4, 0.5) is 17.1 Å². The van der Waals surface area contributed by atoms with Gasteiger partial charge in [-0.3, -0.25) is 0 Å². The van der Waals surface area contributed by atoms with Crippen molar-refractivity contribution in [1.29, 1.82) is 0 Å². The minimum atomic E-state index is 0.169. The van der Waals surface area contributed by atoms with Gasteiger partial charge in [0, 0.05) is 52.0 Å². The van der Waals surface area contributed by atoms with Gasteiger partial charge in [0.05, 0.1) is 11.7 Å². The van der Waals surface area contributed by atoms with Crippen LogP contribution in [0.15, 0.2) is 186 Å². The van der Waals surface area contributed by atoms with E-state index in [0.717, 1.165) is 19.3 Å². The van der Waals surface area contributed by atoms with E-state index in [2.05, 4.69) is 174 Å². The number of anilines is 3. The van der Waals surface area contributed by atoms with Crippen molar-refractivity contribution in [3.05, 3.63) is 203 Å². The van der Waals surface area contributed by atoms with Crippen LogP contribution in [0.25, 0.3) is 16.3 Å². The highest BCUT2D eigenvalue weighted by Gasteiger charge is 2.45. The molecule has 5 unspecified atom stereocenters. The Morgan fingerprint density at radius 3 is 2.54 bits per heavy atom. The van der Waals surface area contributed by atoms with Gasteiger partial charge in [0.1, 0.15) is 0 Å². The van der Waals surface area contributed by atoms with E-state index in [-0.39, 0.29) is 12.0 Å². The average molecular weight is 643 g/mol. The molecule has 0 aromatic heterocycles. The maximum absolute atomic E-state index is 2.61. The lowest BCUT2D eigenvalue weighted by molar-refractivity contribution is 0.552. The van der Waals surface area contributed by atoms with Crippen LogP contribution < -0.4 is 9.80 Å². The van der Waals surface area contributed by atoms with E-state index >= 15 is 0 Å². The van der Waals surface area contributed by atoms with Crippen LogP contribution >= 0.6 is 0 Å². The summed E-state index contributed by atoms with van der Waals surface area (Å²) in [4.78, 5) is 5.20. The molecule has 0 N–H and O–H groups in total. The molecule has 0 amide bonds. The van der Waals surface area contributed by atoms with Gasteiger partial charge >= 0.3 is 0 Å². The minimum absolute atomic E-state index is 0.169. The highest BCUT2D eigenvalue weighted by Crippen LogP contribution is 2.59. The van der Waals surface area contributed by atoms with Crippen molar-refractivity contribution in [3.63, 3.8) is 0 Å². The molecule has 0 bridgehead atoms. The molecule has 11 rings (SSSR count). The third kappa shape index (κ3) is 4.08. The Balaban J connectivity index is 1.08. The van der Waals surface area contributed by atoms with Crippen LogP contribution in [0.1, 0.15) is 47.8 Å². The van der Waals surface area contributed by atoms with E-state index in [1.165, 1.54) is 67.1 Å². The summed E-state index contributed by atoms with van der Waals surface area (Å²) in [7, 11) is 0. The standard InChI is InChI=1S/C48H38N2/c1-2-16-35(17-3-1)49(44-23-11-21-42-47(44)41-20-10-15-34-28-33-14-6-7-18-38(33)48(42)46(34)41)37-26-27-40-39-19-8-9-22-43(39)50(45(40)30-37)36-25-24-31-12-4-5-13-32(31)29-36/h1-2,4-14,16,18-30,34,38,40,45,48H,3,15,17H2. The first-order valence-corrected chi connectivity index (χ1v) is 18.4. The van der Waals surface area contributed by atoms with E-state index in [0.29, 0.717) is 17.8 Å². The molecule has 1 aliphatic heterocycles. The highest BCUT2D eigenvalue weighted by molar-refractivity contribution is 5.95. The van der Waals surface area contributed by atoms with Crippen LogP contribution in [-0.2, 0) is 0 Å². The fourth-order valence-corrected chi connectivity index (χ4v) is 10.0. The van der Waals surface area contributed by atoms with Crippen LogP contribution in [0.2, 0.25) is 0 Å². The number of nitrogens with zero attached hydrogens (tertiary/aromatic N) is 2. The zero-order chi connectivity index (χ0) is 32.8. The van der Waals surface area contributed by atoms with Crippen LogP contribution in [0.5, 0.6) is 0 Å². The fraction of sp³-hybridized carbons (Fsp3) is 0.167. The second-order valence-electron chi connectivity index (χ2n) is 14.7. The van der Waals surface area contributed by atoms with Gasteiger partial charge in [-0.05, 0) is 100 Å². The van der Waals surface area contributed by atoms with Crippen molar-refractivity contribution in [3.8, 4) is 0 Å². The van der Waals surface area contributed by atoms with Crippen LogP contribution in [0.3, 0.4) is 0 Å².